The Labute approximate surface area is 203 Å². The van der Waals surface area contributed by atoms with Gasteiger partial charge < -0.3 is 15.5 Å². The average Bonchev–Trinajstić information content (AvgIpc) is 2.82. The Kier molecular flexibility index (Phi) is 8.98. The molecule has 0 radical (unpaired) electrons. The van der Waals surface area contributed by atoms with E-state index in [0.29, 0.717) is 31.7 Å². The number of carbonyl (C=O) groups excluding carboxylic acids is 2. The Bertz CT molecular complexity index is 1140. The average molecular weight is 488 g/mol. The minimum atomic E-state index is -0.670. The van der Waals surface area contributed by atoms with Gasteiger partial charge in [-0.1, -0.05) is 45.2 Å². The quantitative estimate of drug-likeness (QED) is 0.470. The van der Waals surface area contributed by atoms with Gasteiger partial charge in [0.1, 0.15) is 5.82 Å². The summed E-state index contributed by atoms with van der Waals surface area (Å²) in [6, 6.07) is 7.61. The summed E-state index contributed by atoms with van der Waals surface area (Å²) >= 11 is 1.48. The molecule has 0 aliphatic carbocycles. The highest BCUT2D eigenvalue weighted by atomic mass is 32.2. The number of benzene rings is 1. The number of thioether (sulfide) groups is 1. The van der Waals surface area contributed by atoms with Gasteiger partial charge in [-0.15, -0.1) is 11.8 Å². The van der Waals surface area contributed by atoms with E-state index >= 15 is 0 Å². The Morgan fingerprint density at radius 2 is 1.82 bits per heavy atom. The van der Waals surface area contributed by atoms with Crippen LogP contribution in [-0.2, 0) is 16.1 Å². The molecule has 0 unspecified atom stereocenters. The van der Waals surface area contributed by atoms with Gasteiger partial charge in [-0.2, -0.15) is 0 Å². The fourth-order valence-electron chi connectivity index (χ4n) is 4.00. The van der Waals surface area contributed by atoms with Crippen LogP contribution in [0.3, 0.4) is 0 Å². The molecule has 2 amide bonds. The lowest BCUT2D eigenvalue weighted by molar-refractivity contribution is -0.118. The molecule has 1 aliphatic rings. The number of fused-ring (bicyclic) bond motifs is 1. The van der Waals surface area contributed by atoms with Crippen molar-refractivity contribution in [2.75, 3.05) is 34.4 Å². The van der Waals surface area contributed by atoms with Crippen LogP contribution in [0.25, 0.3) is 0 Å². The van der Waals surface area contributed by atoms with Crippen molar-refractivity contribution < 1.29 is 9.59 Å². The molecule has 1 aliphatic heterocycles. The van der Waals surface area contributed by atoms with E-state index < -0.39 is 11.2 Å². The number of H-pyrrole nitrogens is 1. The zero-order chi connectivity index (χ0) is 24.7. The lowest BCUT2D eigenvalue weighted by Crippen LogP contribution is -2.43. The van der Waals surface area contributed by atoms with Gasteiger partial charge in [0.05, 0.1) is 11.4 Å². The Hall–Kier alpha value is -3.01. The summed E-state index contributed by atoms with van der Waals surface area (Å²) in [5.74, 6) is -0.0414. The fraction of sp³-hybridized carbons (Fsp3) is 0.500. The number of rotatable bonds is 11. The SMILES string of the molecule is CCCCCN(C(=O)CCN1C(=O)CSc2ccccc21)c1c(N)n(CCCC)c(=O)[nH]c1=O. The van der Waals surface area contributed by atoms with Gasteiger partial charge in [0.25, 0.3) is 5.56 Å². The summed E-state index contributed by atoms with van der Waals surface area (Å²) in [4.78, 5) is 57.4. The number of nitrogens with zero attached hydrogens (tertiary/aromatic N) is 3. The Morgan fingerprint density at radius 3 is 2.56 bits per heavy atom. The lowest BCUT2D eigenvalue weighted by Gasteiger charge is -2.30. The molecular weight excluding hydrogens is 454 g/mol. The minimum Gasteiger partial charge on any atom is -0.383 e. The first-order chi connectivity index (χ1) is 16.4. The van der Waals surface area contributed by atoms with Crippen LogP contribution in [0.15, 0.2) is 38.8 Å². The van der Waals surface area contributed by atoms with Gasteiger partial charge in [0.2, 0.25) is 11.8 Å². The first-order valence-corrected chi connectivity index (χ1v) is 12.8. The van der Waals surface area contributed by atoms with Gasteiger partial charge in [-0.05, 0) is 25.0 Å². The molecular formula is C24H33N5O4S. The van der Waals surface area contributed by atoms with Crippen molar-refractivity contribution in [1.29, 1.82) is 0 Å². The number of unbranched alkanes of at least 4 members (excludes halogenated alkanes) is 3. The van der Waals surface area contributed by atoms with Crippen LogP contribution in [-0.4, -0.2) is 40.2 Å². The summed E-state index contributed by atoms with van der Waals surface area (Å²) in [6.45, 7) is 4.92. The summed E-state index contributed by atoms with van der Waals surface area (Å²) < 4.78 is 1.32. The molecule has 9 nitrogen and oxygen atoms in total. The molecule has 3 N–H and O–H groups in total. The number of para-hydroxylation sites is 1. The third-order valence-electron chi connectivity index (χ3n) is 5.86. The van der Waals surface area contributed by atoms with Gasteiger partial charge in [0.15, 0.2) is 5.69 Å². The predicted octanol–water partition coefficient (Wildman–Crippen LogP) is 2.97. The summed E-state index contributed by atoms with van der Waals surface area (Å²) in [6.07, 6.45) is 4.12. The van der Waals surface area contributed by atoms with Crippen molar-refractivity contribution in [2.24, 2.45) is 0 Å². The lowest BCUT2D eigenvalue weighted by atomic mass is 10.2. The highest BCUT2D eigenvalue weighted by Crippen LogP contribution is 2.35. The van der Waals surface area contributed by atoms with E-state index in [-0.39, 0.29) is 36.3 Å². The summed E-state index contributed by atoms with van der Waals surface area (Å²) in [7, 11) is 0. The fourth-order valence-corrected chi connectivity index (χ4v) is 4.93. The molecule has 34 heavy (non-hydrogen) atoms. The third kappa shape index (κ3) is 5.72. The molecule has 0 bridgehead atoms. The van der Waals surface area contributed by atoms with Gasteiger partial charge in [-0.25, -0.2) is 4.79 Å². The Balaban J connectivity index is 1.88. The standard InChI is InChI=1S/C24H33N5O4S/c1-3-5-9-14-28(21-22(25)29(13-6-4-2)24(33)26-23(21)32)19(30)12-15-27-17-10-7-8-11-18(17)34-16-20(27)31/h7-8,10-11H,3-6,9,12-16,25H2,1-2H3,(H,26,32,33). The first kappa shape index (κ1) is 25.6. The second-order valence-electron chi connectivity index (χ2n) is 8.30. The number of carbonyl (C=O) groups is 2. The maximum atomic E-state index is 13.4. The summed E-state index contributed by atoms with van der Waals surface area (Å²) in [5, 5.41) is 0. The number of nitrogens with two attached hydrogens (primary N) is 1. The second-order valence-corrected chi connectivity index (χ2v) is 9.32. The molecule has 2 heterocycles. The maximum Gasteiger partial charge on any atom is 0.330 e. The van der Waals surface area contributed by atoms with Crippen molar-refractivity contribution in [3.63, 3.8) is 0 Å². The first-order valence-electron chi connectivity index (χ1n) is 11.8. The van der Waals surface area contributed by atoms with Crippen LogP contribution in [0.5, 0.6) is 0 Å². The van der Waals surface area contributed by atoms with Crippen LogP contribution >= 0.6 is 11.8 Å². The number of hydrogen-bond acceptors (Lipinski definition) is 6. The molecule has 3 rings (SSSR count). The van der Waals surface area contributed by atoms with Crippen LogP contribution in [0, 0.1) is 0 Å². The zero-order valence-corrected chi connectivity index (χ0v) is 20.7. The summed E-state index contributed by atoms with van der Waals surface area (Å²) in [5.41, 5.74) is 5.83. The van der Waals surface area contributed by atoms with Gasteiger partial charge in [0, 0.05) is 31.0 Å². The molecule has 0 atom stereocenters. The van der Waals surface area contributed by atoms with Gasteiger partial charge in [-0.3, -0.25) is 23.9 Å². The Morgan fingerprint density at radius 1 is 1.09 bits per heavy atom. The van der Waals surface area contributed by atoms with Crippen molar-refractivity contribution in [2.45, 2.75) is 63.8 Å². The zero-order valence-electron chi connectivity index (χ0n) is 19.8. The largest absolute Gasteiger partial charge is 0.383 e. The van der Waals surface area contributed by atoms with Crippen molar-refractivity contribution in [3.8, 4) is 0 Å². The van der Waals surface area contributed by atoms with Crippen LogP contribution in [0.1, 0.15) is 52.4 Å². The molecule has 0 saturated heterocycles. The van der Waals surface area contributed by atoms with Crippen molar-refractivity contribution >= 4 is 40.8 Å². The highest BCUT2D eigenvalue weighted by molar-refractivity contribution is 8.00. The van der Waals surface area contributed by atoms with E-state index in [1.165, 1.54) is 21.2 Å². The number of aromatic amines is 1. The van der Waals surface area contributed by atoms with E-state index in [1.54, 1.807) is 4.90 Å². The normalized spacial score (nSPS) is 13.1. The number of aromatic nitrogens is 2. The van der Waals surface area contributed by atoms with E-state index in [0.717, 1.165) is 29.8 Å². The van der Waals surface area contributed by atoms with Crippen LogP contribution in [0.2, 0.25) is 0 Å². The smallest absolute Gasteiger partial charge is 0.330 e. The molecule has 0 spiro atoms. The van der Waals surface area contributed by atoms with Crippen LogP contribution in [0.4, 0.5) is 17.2 Å². The molecule has 2 aromatic rings. The van der Waals surface area contributed by atoms with E-state index in [2.05, 4.69) is 11.9 Å². The molecule has 0 saturated carbocycles. The highest BCUT2D eigenvalue weighted by Gasteiger charge is 2.28. The van der Waals surface area contributed by atoms with Gasteiger partial charge >= 0.3 is 5.69 Å². The van der Waals surface area contributed by atoms with Crippen molar-refractivity contribution in [1.82, 2.24) is 9.55 Å². The molecule has 1 aromatic carbocycles. The molecule has 1 aromatic heterocycles. The monoisotopic (exact) mass is 487 g/mol. The van der Waals surface area contributed by atoms with Crippen molar-refractivity contribution in [3.05, 3.63) is 45.1 Å². The second kappa shape index (κ2) is 11.9. The van der Waals surface area contributed by atoms with Crippen LogP contribution < -0.4 is 26.8 Å². The van der Waals surface area contributed by atoms with E-state index in [1.807, 2.05) is 31.2 Å². The number of hydrogen-bond donors (Lipinski definition) is 2. The topological polar surface area (TPSA) is 121 Å². The van der Waals surface area contributed by atoms with E-state index in [4.69, 9.17) is 5.73 Å². The number of amides is 2. The molecule has 184 valence electrons. The minimum absolute atomic E-state index is 0.00263. The molecule has 10 heteroatoms. The predicted molar refractivity (Wildman–Crippen MR) is 137 cm³/mol. The number of anilines is 3. The maximum absolute atomic E-state index is 13.4. The third-order valence-corrected chi connectivity index (χ3v) is 6.91. The molecule has 0 fully saturated rings. The number of nitrogen functional groups attached to an aromatic ring is 1. The number of nitrogens with one attached hydrogen (secondary N) is 1. The van der Waals surface area contributed by atoms with E-state index in [9.17, 15) is 19.2 Å².